The van der Waals surface area contributed by atoms with E-state index in [2.05, 4.69) is 0 Å². The fourth-order valence-corrected chi connectivity index (χ4v) is 2.37. The molecule has 24 heavy (non-hydrogen) atoms. The summed E-state index contributed by atoms with van der Waals surface area (Å²) in [5, 5.41) is 8.15. The zero-order valence-corrected chi connectivity index (χ0v) is 13.7. The van der Waals surface area contributed by atoms with Gasteiger partial charge in [0.05, 0.1) is 17.4 Å². The minimum atomic E-state index is -4.41. The van der Waals surface area contributed by atoms with E-state index in [-0.39, 0.29) is 17.4 Å². The highest BCUT2D eigenvalue weighted by molar-refractivity contribution is 6.10. The number of benzene rings is 2. The molecule has 0 atom stereocenters. The minimum absolute atomic E-state index is 0.0511. The first kappa shape index (κ1) is 18.0. The van der Waals surface area contributed by atoms with Gasteiger partial charge in [0.2, 0.25) is 0 Å². The number of rotatable bonds is 6. The molecule has 2 rings (SSSR count). The molecular weight excluding hydrogens is 315 g/mol. The number of halogens is 3. The van der Waals surface area contributed by atoms with Gasteiger partial charge in [0.1, 0.15) is 5.75 Å². The standard InChI is InChI=1S/C19H20F3NO/c1-3-16(4-2)24-17-10-8-13(9-11-17)18(23)14-6-5-7-15(12-14)19(20,21)22/h5-12,16,23H,3-4H2,1-2H3. The van der Waals surface area contributed by atoms with Gasteiger partial charge in [-0.3, -0.25) is 5.41 Å². The highest BCUT2D eigenvalue weighted by Gasteiger charge is 2.30. The number of alkyl halides is 3. The van der Waals surface area contributed by atoms with Gasteiger partial charge in [-0.1, -0.05) is 26.0 Å². The Morgan fingerprint density at radius 1 is 1.00 bits per heavy atom. The maximum absolute atomic E-state index is 12.8. The first-order valence-corrected chi connectivity index (χ1v) is 7.88. The molecule has 1 N–H and O–H groups in total. The summed E-state index contributed by atoms with van der Waals surface area (Å²) < 4.78 is 44.2. The van der Waals surface area contributed by atoms with Crippen LogP contribution in [0.2, 0.25) is 0 Å². The summed E-state index contributed by atoms with van der Waals surface area (Å²) in [6.07, 6.45) is -2.47. The lowest BCUT2D eigenvalue weighted by atomic mass is 10.0. The zero-order chi connectivity index (χ0) is 17.7. The third-order valence-corrected chi connectivity index (χ3v) is 3.83. The van der Waals surface area contributed by atoms with Crippen LogP contribution in [-0.2, 0) is 6.18 Å². The first-order valence-electron chi connectivity index (χ1n) is 7.88. The van der Waals surface area contributed by atoms with Crippen LogP contribution in [0.5, 0.6) is 5.75 Å². The van der Waals surface area contributed by atoms with Gasteiger partial charge in [0, 0.05) is 11.1 Å². The van der Waals surface area contributed by atoms with Crippen LogP contribution in [0.25, 0.3) is 0 Å². The summed E-state index contributed by atoms with van der Waals surface area (Å²) >= 11 is 0. The summed E-state index contributed by atoms with van der Waals surface area (Å²) in [6, 6.07) is 11.7. The van der Waals surface area contributed by atoms with Gasteiger partial charge >= 0.3 is 6.18 Å². The van der Waals surface area contributed by atoms with E-state index >= 15 is 0 Å². The van der Waals surface area contributed by atoms with Crippen molar-refractivity contribution in [3.63, 3.8) is 0 Å². The molecule has 0 aliphatic carbocycles. The van der Waals surface area contributed by atoms with Crippen molar-refractivity contribution in [2.75, 3.05) is 0 Å². The van der Waals surface area contributed by atoms with Crippen molar-refractivity contribution in [3.05, 3.63) is 65.2 Å². The van der Waals surface area contributed by atoms with Gasteiger partial charge in [0.15, 0.2) is 0 Å². The van der Waals surface area contributed by atoms with Crippen LogP contribution in [0.3, 0.4) is 0 Å². The van der Waals surface area contributed by atoms with Gasteiger partial charge in [-0.2, -0.15) is 13.2 Å². The van der Waals surface area contributed by atoms with Gasteiger partial charge in [-0.25, -0.2) is 0 Å². The molecule has 0 bridgehead atoms. The van der Waals surface area contributed by atoms with E-state index < -0.39 is 11.7 Å². The highest BCUT2D eigenvalue weighted by Crippen LogP contribution is 2.30. The predicted molar refractivity (Wildman–Crippen MR) is 88.8 cm³/mol. The van der Waals surface area contributed by atoms with E-state index in [1.165, 1.54) is 12.1 Å². The third kappa shape index (κ3) is 4.37. The molecule has 0 aliphatic heterocycles. The largest absolute Gasteiger partial charge is 0.490 e. The lowest BCUT2D eigenvalue weighted by Crippen LogP contribution is -2.13. The number of ether oxygens (including phenoxy) is 1. The topological polar surface area (TPSA) is 33.1 Å². The summed E-state index contributed by atoms with van der Waals surface area (Å²) in [5.74, 6) is 0.698. The summed E-state index contributed by atoms with van der Waals surface area (Å²) in [6.45, 7) is 4.09. The van der Waals surface area contributed by atoms with E-state index in [1.807, 2.05) is 13.8 Å². The Kier molecular flexibility index (Phi) is 5.65. The van der Waals surface area contributed by atoms with E-state index in [0.717, 1.165) is 25.0 Å². The molecule has 0 heterocycles. The van der Waals surface area contributed by atoms with E-state index in [1.54, 1.807) is 24.3 Å². The smallest absolute Gasteiger partial charge is 0.416 e. The maximum Gasteiger partial charge on any atom is 0.416 e. The Hall–Kier alpha value is -2.30. The fourth-order valence-electron chi connectivity index (χ4n) is 2.37. The Morgan fingerprint density at radius 2 is 1.62 bits per heavy atom. The lowest BCUT2D eigenvalue weighted by Gasteiger charge is -2.16. The molecule has 0 fully saturated rings. The third-order valence-electron chi connectivity index (χ3n) is 3.83. The monoisotopic (exact) mass is 335 g/mol. The van der Waals surface area contributed by atoms with Crippen LogP contribution < -0.4 is 4.74 Å². The molecule has 0 saturated carbocycles. The van der Waals surface area contributed by atoms with Gasteiger partial charge in [-0.05, 0) is 49.2 Å². The second kappa shape index (κ2) is 7.51. The molecule has 128 valence electrons. The van der Waals surface area contributed by atoms with Crippen molar-refractivity contribution < 1.29 is 17.9 Å². The molecule has 2 aromatic rings. The molecular formula is C19H20F3NO. The summed E-state index contributed by atoms with van der Waals surface area (Å²) in [5.41, 5.74) is 0.0818. The van der Waals surface area contributed by atoms with Crippen molar-refractivity contribution in [3.8, 4) is 5.75 Å². The van der Waals surface area contributed by atoms with Crippen molar-refractivity contribution in [2.24, 2.45) is 0 Å². The van der Waals surface area contributed by atoms with E-state index in [9.17, 15) is 13.2 Å². The minimum Gasteiger partial charge on any atom is -0.490 e. The van der Waals surface area contributed by atoms with E-state index in [4.69, 9.17) is 10.1 Å². The van der Waals surface area contributed by atoms with Crippen LogP contribution in [0.4, 0.5) is 13.2 Å². The molecule has 5 heteroatoms. The highest BCUT2D eigenvalue weighted by atomic mass is 19.4. The van der Waals surface area contributed by atoms with E-state index in [0.29, 0.717) is 11.3 Å². The van der Waals surface area contributed by atoms with Crippen molar-refractivity contribution in [1.82, 2.24) is 0 Å². The van der Waals surface area contributed by atoms with Gasteiger partial charge < -0.3 is 4.74 Å². The molecule has 0 aliphatic rings. The van der Waals surface area contributed by atoms with Crippen LogP contribution in [0, 0.1) is 5.41 Å². The second-order valence-corrected chi connectivity index (χ2v) is 5.53. The predicted octanol–water partition coefficient (Wildman–Crippen LogP) is 5.69. The average Bonchev–Trinajstić information content (AvgIpc) is 2.59. The lowest BCUT2D eigenvalue weighted by molar-refractivity contribution is -0.137. The normalized spacial score (nSPS) is 11.6. The van der Waals surface area contributed by atoms with Crippen molar-refractivity contribution in [2.45, 2.75) is 39.0 Å². The molecule has 0 radical (unpaired) electrons. The maximum atomic E-state index is 12.8. The Labute approximate surface area is 139 Å². The molecule has 0 saturated heterocycles. The molecule has 0 amide bonds. The number of hydrogen-bond acceptors (Lipinski definition) is 2. The van der Waals surface area contributed by atoms with Crippen LogP contribution in [0.15, 0.2) is 48.5 Å². The second-order valence-electron chi connectivity index (χ2n) is 5.53. The Bertz CT molecular complexity index is 689. The SMILES string of the molecule is CCC(CC)Oc1ccc(C(=N)c2cccc(C(F)(F)F)c2)cc1. The van der Waals surface area contributed by atoms with Gasteiger partial charge in [0.25, 0.3) is 0 Å². The van der Waals surface area contributed by atoms with Gasteiger partial charge in [-0.15, -0.1) is 0 Å². The quantitative estimate of drug-likeness (QED) is 0.676. The first-order chi connectivity index (χ1) is 11.3. The molecule has 0 unspecified atom stereocenters. The fraction of sp³-hybridized carbons (Fsp3) is 0.316. The molecule has 0 spiro atoms. The van der Waals surface area contributed by atoms with Crippen LogP contribution >= 0.6 is 0 Å². The molecule has 2 aromatic carbocycles. The number of nitrogens with one attached hydrogen (secondary N) is 1. The molecule has 2 nitrogen and oxygen atoms in total. The average molecular weight is 335 g/mol. The summed E-state index contributed by atoms with van der Waals surface area (Å²) in [4.78, 5) is 0. The van der Waals surface area contributed by atoms with Crippen LogP contribution in [-0.4, -0.2) is 11.8 Å². The Balaban J connectivity index is 2.19. The number of hydrogen-bond donors (Lipinski definition) is 1. The summed E-state index contributed by atoms with van der Waals surface area (Å²) in [7, 11) is 0. The Morgan fingerprint density at radius 3 is 2.17 bits per heavy atom. The molecule has 0 aromatic heterocycles. The van der Waals surface area contributed by atoms with Crippen molar-refractivity contribution >= 4 is 5.71 Å². The van der Waals surface area contributed by atoms with Crippen molar-refractivity contribution in [1.29, 1.82) is 5.41 Å². The zero-order valence-electron chi connectivity index (χ0n) is 13.7. The van der Waals surface area contributed by atoms with Crippen LogP contribution in [0.1, 0.15) is 43.4 Å².